The number of pyridine rings is 1. The van der Waals surface area contributed by atoms with Crippen LogP contribution < -0.4 is 10.6 Å². The third-order valence-electron chi connectivity index (χ3n) is 2.66. The monoisotopic (exact) mass is 221 g/mol. The molecule has 15 heavy (non-hydrogen) atoms. The number of hydrogen-bond donors (Lipinski definition) is 2. The molecule has 0 aliphatic carbocycles. The van der Waals surface area contributed by atoms with Crippen LogP contribution in [0.1, 0.15) is 12.8 Å². The van der Waals surface area contributed by atoms with E-state index in [0.29, 0.717) is 5.92 Å². The van der Waals surface area contributed by atoms with Gasteiger partial charge in [0.25, 0.3) is 0 Å². The van der Waals surface area contributed by atoms with Gasteiger partial charge in [0.15, 0.2) is 0 Å². The standard InChI is InChI=1S/C11H15N3S/c15-11(9-1-5-12-6-2-9)14-10-3-7-13-8-4-10/h3-4,7-9,12H,1-2,5-6H2,(H,13,14,15). The maximum Gasteiger partial charge on any atom is 0.0829 e. The molecule has 0 unspecified atom stereocenters. The molecule has 1 aliphatic heterocycles. The fourth-order valence-electron chi connectivity index (χ4n) is 1.76. The Morgan fingerprint density at radius 1 is 1.33 bits per heavy atom. The summed E-state index contributed by atoms with van der Waals surface area (Å²) in [6.45, 7) is 2.14. The van der Waals surface area contributed by atoms with Crippen molar-refractivity contribution in [3.05, 3.63) is 24.5 Å². The Bertz CT molecular complexity index is 320. The number of nitrogens with zero attached hydrogens (tertiary/aromatic N) is 1. The van der Waals surface area contributed by atoms with Gasteiger partial charge in [-0.2, -0.15) is 0 Å². The van der Waals surface area contributed by atoms with E-state index in [9.17, 15) is 0 Å². The predicted octanol–water partition coefficient (Wildman–Crippen LogP) is 1.82. The molecule has 2 rings (SSSR count). The highest BCUT2D eigenvalue weighted by molar-refractivity contribution is 7.80. The molecule has 0 spiro atoms. The largest absolute Gasteiger partial charge is 0.350 e. The van der Waals surface area contributed by atoms with Crippen molar-refractivity contribution < 1.29 is 0 Å². The summed E-state index contributed by atoms with van der Waals surface area (Å²) in [5.74, 6) is 0.523. The first-order valence-electron chi connectivity index (χ1n) is 5.28. The van der Waals surface area contributed by atoms with E-state index in [2.05, 4.69) is 15.6 Å². The van der Waals surface area contributed by atoms with Crippen LogP contribution in [0.2, 0.25) is 0 Å². The lowest BCUT2D eigenvalue weighted by Crippen LogP contribution is -2.33. The highest BCUT2D eigenvalue weighted by Crippen LogP contribution is 2.16. The Kier molecular flexibility index (Phi) is 3.64. The molecular formula is C11H15N3S. The topological polar surface area (TPSA) is 37.0 Å². The maximum atomic E-state index is 5.40. The molecular weight excluding hydrogens is 206 g/mol. The average Bonchev–Trinajstić information content (AvgIpc) is 2.31. The number of nitrogens with one attached hydrogen (secondary N) is 2. The van der Waals surface area contributed by atoms with Crippen molar-refractivity contribution in [3.63, 3.8) is 0 Å². The summed E-state index contributed by atoms with van der Waals surface area (Å²) < 4.78 is 0. The lowest BCUT2D eigenvalue weighted by molar-refractivity contribution is 0.459. The van der Waals surface area contributed by atoms with Crippen LogP contribution in [-0.2, 0) is 0 Å². The molecule has 3 nitrogen and oxygen atoms in total. The van der Waals surface area contributed by atoms with Crippen molar-refractivity contribution >= 4 is 22.9 Å². The third kappa shape index (κ3) is 2.97. The second kappa shape index (κ2) is 5.19. The Morgan fingerprint density at radius 2 is 2.00 bits per heavy atom. The maximum absolute atomic E-state index is 5.40. The molecule has 0 aromatic carbocycles. The van der Waals surface area contributed by atoms with Gasteiger partial charge in [0.1, 0.15) is 0 Å². The minimum atomic E-state index is 0.523. The molecule has 1 aromatic heterocycles. The van der Waals surface area contributed by atoms with Gasteiger partial charge in [-0.3, -0.25) is 4.98 Å². The number of rotatable bonds is 2. The Labute approximate surface area is 95.3 Å². The molecule has 0 radical (unpaired) electrons. The van der Waals surface area contributed by atoms with Gasteiger partial charge in [-0.1, -0.05) is 12.2 Å². The van der Waals surface area contributed by atoms with Crippen LogP contribution in [0.3, 0.4) is 0 Å². The molecule has 1 saturated heterocycles. The Morgan fingerprint density at radius 3 is 2.67 bits per heavy atom. The van der Waals surface area contributed by atoms with Crippen LogP contribution in [-0.4, -0.2) is 23.1 Å². The van der Waals surface area contributed by atoms with Crippen molar-refractivity contribution in [2.75, 3.05) is 18.4 Å². The smallest absolute Gasteiger partial charge is 0.0829 e. The quantitative estimate of drug-likeness (QED) is 0.747. The molecule has 1 fully saturated rings. The number of thiocarbonyl (C=S) groups is 1. The van der Waals surface area contributed by atoms with Gasteiger partial charge >= 0.3 is 0 Å². The zero-order chi connectivity index (χ0) is 10.5. The van der Waals surface area contributed by atoms with Crippen molar-refractivity contribution in [2.24, 2.45) is 5.92 Å². The second-order valence-electron chi connectivity index (χ2n) is 3.75. The summed E-state index contributed by atoms with van der Waals surface area (Å²) in [7, 11) is 0. The second-order valence-corrected chi connectivity index (χ2v) is 4.19. The molecule has 1 aromatic rings. The summed E-state index contributed by atoms with van der Waals surface area (Å²) in [5.41, 5.74) is 1.04. The zero-order valence-corrected chi connectivity index (χ0v) is 9.39. The van der Waals surface area contributed by atoms with Crippen molar-refractivity contribution in [1.82, 2.24) is 10.3 Å². The van der Waals surface area contributed by atoms with Gasteiger partial charge in [0, 0.05) is 24.0 Å². The van der Waals surface area contributed by atoms with E-state index in [1.807, 2.05) is 12.1 Å². The molecule has 4 heteroatoms. The van der Waals surface area contributed by atoms with Crippen molar-refractivity contribution in [2.45, 2.75) is 12.8 Å². The highest BCUT2D eigenvalue weighted by Gasteiger charge is 2.17. The van der Waals surface area contributed by atoms with Crippen LogP contribution in [0.5, 0.6) is 0 Å². The number of aromatic nitrogens is 1. The third-order valence-corrected chi connectivity index (χ3v) is 3.09. The van der Waals surface area contributed by atoms with Crippen molar-refractivity contribution in [3.8, 4) is 0 Å². The van der Waals surface area contributed by atoms with E-state index in [4.69, 9.17) is 12.2 Å². The fourth-order valence-corrected chi connectivity index (χ4v) is 2.12. The van der Waals surface area contributed by atoms with Gasteiger partial charge in [-0.15, -0.1) is 0 Å². The molecule has 0 bridgehead atoms. The molecule has 0 saturated carbocycles. The fraction of sp³-hybridized carbons (Fsp3) is 0.455. The Hall–Kier alpha value is -1.00. The van der Waals surface area contributed by atoms with E-state index >= 15 is 0 Å². The van der Waals surface area contributed by atoms with Gasteiger partial charge in [0.05, 0.1) is 4.99 Å². The van der Waals surface area contributed by atoms with Crippen LogP contribution in [0.4, 0.5) is 5.69 Å². The summed E-state index contributed by atoms with van der Waals surface area (Å²) in [5, 5.41) is 6.61. The number of hydrogen-bond acceptors (Lipinski definition) is 3. The highest BCUT2D eigenvalue weighted by atomic mass is 32.1. The predicted molar refractivity (Wildman–Crippen MR) is 66.1 cm³/mol. The molecule has 2 N–H and O–H groups in total. The number of anilines is 1. The van der Waals surface area contributed by atoms with E-state index < -0.39 is 0 Å². The van der Waals surface area contributed by atoms with E-state index in [-0.39, 0.29) is 0 Å². The van der Waals surface area contributed by atoms with E-state index in [0.717, 1.165) is 36.6 Å². The molecule has 2 heterocycles. The van der Waals surface area contributed by atoms with Gasteiger partial charge < -0.3 is 10.6 Å². The summed E-state index contributed by atoms with van der Waals surface area (Å²) in [6, 6.07) is 3.88. The molecule has 0 atom stereocenters. The van der Waals surface area contributed by atoms with Gasteiger partial charge in [-0.05, 0) is 38.1 Å². The molecule has 80 valence electrons. The minimum Gasteiger partial charge on any atom is -0.350 e. The molecule has 1 aliphatic rings. The first-order valence-corrected chi connectivity index (χ1v) is 5.69. The van der Waals surface area contributed by atoms with Crippen LogP contribution >= 0.6 is 12.2 Å². The van der Waals surface area contributed by atoms with E-state index in [1.165, 1.54) is 0 Å². The van der Waals surface area contributed by atoms with Crippen LogP contribution in [0, 0.1) is 5.92 Å². The summed E-state index contributed by atoms with van der Waals surface area (Å²) in [4.78, 5) is 4.93. The van der Waals surface area contributed by atoms with Gasteiger partial charge in [-0.25, -0.2) is 0 Å². The number of piperidine rings is 1. The normalized spacial score (nSPS) is 17.3. The minimum absolute atomic E-state index is 0.523. The average molecular weight is 221 g/mol. The lowest BCUT2D eigenvalue weighted by Gasteiger charge is -2.23. The zero-order valence-electron chi connectivity index (χ0n) is 8.57. The van der Waals surface area contributed by atoms with Crippen molar-refractivity contribution in [1.29, 1.82) is 0 Å². The van der Waals surface area contributed by atoms with Crippen LogP contribution in [0.15, 0.2) is 24.5 Å². The van der Waals surface area contributed by atoms with Crippen LogP contribution in [0.25, 0.3) is 0 Å². The first kappa shape index (κ1) is 10.5. The molecule has 0 amide bonds. The first-order chi connectivity index (χ1) is 7.36. The Balaban J connectivity index is 1.91. The lowest BCUT2D eigenvalue weighted by atomic mass is 9.98. The van der Waals surface area contributed by atoms with E-state index in [1.54, 1.807) is 12.4 Å². The summed E-state index contributed by atoms with van der Waals surface area (Å²) >= 11 is 5.40. The SMILES string of the molecule is S=C(Nc1ccncc1)C1CCNCC1. The van der Waals surface area contributed by atoms with Gasteiger partial charge in [0.2, 0.25) is 0 Å². The summed E-state index contributed by atoms with van der Waals surface area (Å²) in [6.07, 6.45) is 5.81.